The van der Waals surface area contributed by atoms with Crippen LogP contribution in [0.5, 0.6) is 0 Å². The number of aromatic nitrogens is 2. The Morgan fingerprint density at radius 2 is 2.19 bits per heavy atom. The van der Waals surface area contributed by atoms with Gasteiger partial charge in [-0.3, -0.25) is 9.69 Å². The number of amides is 1. The molecule has 0 bridgehead atoms. The molecule has 1 aromatic carbocycles. The number of rotatable bonds is 3. The molecule has 2 aromatic rings. The number of piperazine rings is 1. The van der Waals surface area contributed by atoms with E-state index in [1.165, 1.54) is 0 Å². The minimum atomic E-state index is -0.172. The zero-order chi connectivity index (χ0) is 18.3. The van der Waals surface area contributed by atoms with Crippen molar-refractivity contribution in [2.75, 3.05) is 33.7 Å². The van der Waals surface area contributed by atoms with Crippen LogP contribution >= 0.6 is 11.6 Å². The van der Waals surface area contributed by atoms with Gasteiger partial charge in [-0.05, 0) is 24.7 Å². The van der Waals surface area contributed by atoms with Gasteiger partial charge in [0.1, 0.15) is 0 Å². The van der Waals surface area contributed by atoms with Crippen LogP contribution in [0.25, 0.3) is 0 Å². The van der Waals surface area contributed by atoms with Gasteiger partial charge >= 0.3 is 0 Å². The lowest BCUT2D eigenvalue weighted by Gasteiger charge is -2.30. The second-order valence-electron chi connectivity index (χ2n) is 7.01. The molecule has 0 aliphatic carbocycles. The minimum absolute atomic E-state index is 0.0659. The lowest BCUT2D eigenvalue weighted by atomic mass is 9.93. The van der Waals surface area contributed by atoms with E-state index in [1.54, 1.807) is 4.90 Å². The van der Waals surface area contributed by atoms with Crippen LogP contribution in [-0.4, -0.2) is 59.6 Å². The van der Waals surface area contributed by atoms with Gasteiger partial charge in [-0.15, -0.1) is 0 Å². The van der Waals surface area contributed by atoms with E-state index in [1.807, 2.05) is 31.3 Å². The average Bonchev–Trinajstić information content (AvgIpc) is 3.21. The lowest BCUT2D eigenvalue weighted by molar-refractivity contribution is -0.127. The Bertz CT molecular complexity index is 810. The molecule has 1 N–H and O–H groups in total. The van der Waals surface area contributed by atoms with Crippen LogP contribution in [0.2, 0.25) is 5.02 Å². The quantitative estimate of drug-likeness (QED) is 0.884. The number of likely N-dealkylation sites (N-methyl/N-ethyl adjacent to an activating group) is 2. The molecule has 2 aliphatic heterocycles. The molecular formula is C18H22ClN5O2. The van der Waals surface area contributed by atoms with E-state index in [0.717, 1.165) is 25.2 Å². The van der Waals surface area contributed by atoms with E-state index in [-0.39, 0.29) is 23.9 Å². The van der Waals surface area contributed by atoms with Crippen LogP contribution in [0.4, 0.5) is 0 Å². The molecule has 2 fully saturated rings. The zero-order valence-electron chi connectivity index (χ0n) is 14.9. The molecule has 2 saturated heterocycles. The summed E-state index contributed by atoms with van der Waals surface area (Å²) >= 11 is 6.16. The number of carbonyl (C=O) groups excluding carboxylic acids is 1. The van der Waals surface area contributed by atoms with Gasteiger partial charge in [0.2, 0.25) is 11.8 Å². The van der Waals surface area contributed by atoms with Gasteiger partial charge in [0, 0.05) is 38.1 Å². The Hall–Kier alpha value is -1.96. The summed E-state index contributed by atoms with van der Waals surface area (Å²) in [5.41, 5.74) is 0.979. The highest BCUT2D eigenvalue weighted by molar-refractivity contribution is 6.30. The van der Waals surface area contributed by atoms with Crippen LogP contribution in [0, 0.1) is 0 Å². The van der Waals surface area contributed by atoms with Crippen molar-refractivity contribution < 1.29 is 9.32 Å². The first kappa shape index (κ1) is 17.5. The van der Waals surface area contributed by atoms with Gasteiger partial charge in [-0.2, -0.15) is 4.98 Å². The van der Waals surface area contributed by atoms with Crippen molar-refractivity contribution in [1.82, 2.24) is 25.3 Å². The smallest absolute Gasteiger partial charge is 0.232 e. The molecule has 0 radical (unpaired) electrons. The van der Waals surface area contributed by atoms with E-state index in [4.69, 9.17) is 16.1 Å². The number of hydrogen-bond donors (Lipinski definition) is 1. The van der Waals surface area contributed by atoms with Crippen LogP contribution in [0.15, 0.2) is 28.8 Å². The van der Waals surface area contributed by atoms with E-state index in [0.29, 0.717) is 23.2 Å². The molecule has 1 amide bonds. The first-order chi connectivity index (χ1) is 12.5. The van der Waals surface area contributed by atoms with Crippen molar-refractivity contribution in [3.63, 3.8) is 0 Å². The van der Waals surface area contributed by atoms with Crippen LogP contribution in [-0.2, 0) is 4.79 Å². The topological polar surface area (TPSA) is 74.5 Å². The Labute approximate surface area is 157 Å². The van der Waals surface area contributed by atoms with Crippen molar-refractivity contribution in [3.8, 4) is 0 Å². The van der Waals surface area contributed by atoms with Gasteiger partial charge < -0.3 is 14.7 Å². The summed E-state index contributed by atoms with van der Waals surface area (Å²) in [7, 11) is 3.87. The molecular weight excluding hydrogens is 354 g/mol. The van der Waals surface area contributed by atoms with Crippen LogP contribution < -0.4 is 5.32 Å². The maximum atomic E-state index is 12.4. The van der Waals surface area contributed by atoms with Gasteiger partial charge in [0.25, 0.3) is 0 Å². The molecule has 3 atom stereocenters. The van der Waals surface area contributed by atoms with Crippen molar-refractivity contribution in [1.29, 1.82) is 0 Å². The first-order valence-electron chi connectivity index (χ1n) is 8.80. The fourth-order valence-corrected chi connectivity index (χ4v) is 4.06. The summed E-state index contributed by atoms with van der Waals surface area (Å²) in [5, 5.41) is 8.21. The van der Waals surface area contributed by atoms with Crippen molar-refractivity contribution in [2.45, 2.75) is 24.4 Å². The first-order valence-corrected chi connectivity index (χ1v) is 9.18. The third-order valence-electron chi connectivity index (χ3n) is 5.36. The van der Waals surface area contributed by atoms with E-state index >= 15 is 0 Å². The molecule has 3 unspecified atom stereocenters. The Morgan fingerprint density at radius 1 is 1.35 bits per heavy atom. The highest BCUT2D eigenvalue weighted by Crippen LogP contribution is 2.43. The Kier molecular flexibility index (Phi) is 4.69. The Balaban J connectivity index is 1.64. The minimum Gasteiger partial charge on any atom is -0.339 e. The van der Waals surface area contributed by atoms with Gasteiger partial charge in [-0.1, -0.05) is 28.9 Å². The summed E-state index contributed by atoms with van der Waals surface area (Å²) in [6.45, 7) is 2.68. The van der Waals surface area contributed by atoms with Gasteiger partial charge in [-0.25, -0.2) is 0 Å². The summed E-state index contributed by atoms with van der Waals surface area (Å²) in [6.07, 6.45) is 0.355. The zero-order valence-corrected chi connectivity index (χ0v) is 15.6. The highest BCUT2D eigenvalue weighted by atomic mass is 35.5. The second-order valence-corrected chi connectivity index (χ2v) is 7.44. The number of hydrogen-bond acceptors (Lipinski definition) is 6. The fourth-order valence-electron chi connectivity index (χ4n) is 3.87. The van der Waals surface area contributed by atoms with Gasteiger partial charge in [0.15, 0.2) is 5.82 Å². The number of carbonyl (C=O) groups is 1. The summed E-state index contributed by atoms with van der Waals surface area (Å²) in [5.74, 6) is 1.08. The molecule has 1 aromatic heterocycles. The third kappa shape index (κ3) is 3.11. The van der Waals surface area contributed by atoms with Crippen LogP contribution in [0.1, 0.15) is 41.7 Å². The standard InChI is InChI=1S/C18H22ClN5O2/c1-23-7-6-20-10-14(23)17-21-18(26-22-17)13-9-15(25)24(2)16(13)11-4-3-5-12(19)8-11/h3-5,8,13-14,16,20H,6-7,9-10H2,1-2H3. The maximum absolute atomic E-state index is 12.4. The van der Waals surface area contributed by atoms with Gasteiger partial charge in [0.05, 0.1) is 18.0 Å². The summed E-state index contributed by atoms with van der Waals surface area (Å²) < 4.78 is 5.60. The molecule has 0 spiro atoms. The number of halogens is 1. The molecule has 138 valence electrons. The number of nitrogens with one attached hydrogen (secondary N) is 1. The van der Waals surface area contributed by atoms with Crippen LogP contribution in [0.3, 0.4) is 0 Å². The SMILES string of the molecule is CN1CCNCC1c1noc(C2CC(=O)N(C)C2c2cccc(Cl)c2)n1. The lowest BCUT2D eigenvalue weighted by Crippen LogP contribution is -2.44. The molecule has 0 saturated carbocycles. The third-order valence-corrected chi connectivity index (χ3v) is 5.60. The predicted octanol–water partition coefficient (Wildman–Crippen LogP) is 1.99. The predicted molar refractivity (Wildman–Crippen MR) is 96.9 cm³/mol. The highest BCUT2D eigenvalue weighted by Gasteiger charge is 2.43. The summed E-state index contributed by atoms with van der Waals surface area (Å²) in [4.78, 5) is 21.0. The molecule has 4 rings (SSSR count). The monoisotopic (exact) mass is 375 g/mol. The maximum Gasteiger partial charge on any atom is 0.232 e. The van der Waals surface area contributed by atoms with Crippen molar-refractivity contribution in [3.05, 3.63) is 46.6 Å². The van der Waals surface area contributed by atoms with Crippen molar-refractivity contribution in [2.24, 2.45) is 0 Å². The largest absolute Gasteiger partial charge is 0.339 e. The number of benzene rings is 1. The molecule has 3 heterocycles. The molecule has 7 nitrogen and oxygen atoms in total. The average molecular weight is 376 g/mol. The molecule has 26 heavy (non-hydrogen) atoms. The summed E-state index contributed by atoms with van der Waals surface area (Å²) in [6, 6.07) is 7.53. The fraction of sp³-hybridized carbons (Fsp3) is 0.500. The van der Waals surface area contributed by atoms with Crippen molar-refractivity contribution >= 4 is 17.5 Å². The van der Waals surface area contributed by atoms with E-state index in [2.05, 4.69) is 27.4 Å². The Morgan fingerprint density at radius 3 is 2.96 bits per heavy atom. The van der Waals surface area contributed by atoms with E-state index in [9.17, 15) is 4.79 Å². The number of nitrogens with zero attached hydrogens (tertiary/aromatic N) is 4. The molecule has 2 aliphatic rings. The number of likely N-dealkylation sites (tertiary alicyclic amines) is 1. The molecule has 8 heteroatoms. The normalized spacial score (nSPS) is 27.3. The second kappa shape index (κ2) is 6.98. The van der Waals surface area contributed by atoms with E-state index < -0.39 is 0 Å².